The van der Waals surface area contributed by atoms with Crippen molar-refractivity contribution in [3.8, 4) is 0 Å². The first-order valence-corrected chi connectivity index (χ1v) is 10.8. The van der Waals surface area contributed by atoms with E-state index in [2.05, 4.69) is 54.6 Å². The SMILES string of the molecule is O=[N+]([O-])c1ccccc1[Se]Cc1ccc2ccc3cccc4ccc1c2c34. The van der Waals surface area contributed by atoms with E-state index in [0.29, 0.717) is 0 Å². The standard InChI is InChI=1S/C23H15NO2Se/c25-24(26)20-6-1-2-7-21(20)27-14-18-11-10-17-9-8-15-4-3-5-16-12-13-19(18)23(17)22(15)16/h1-13H,14H2. The van der Waals surface area contributed by atoms with E-state index in [0.717, 1.165) is 9.78 Å². The molecule has 0 saturated carbocycles. The third kappa shape index (κ3) is 2.66. The number of hydrogen-bond acceptors (Lipinski definition) is 2. The maximum atomic E-state index is 11.3. The van der Waals surface area contributed by atoms with Crippen LogP contribution >= 0.6 is 0 Å². The number of nitrogens with zero attached hydrogens (tertiary/aromatic N) is 1. The Kier molecular flexibility index (Phi) is 3.82. The summed E-state index contributed by atoms with van der Waals surface area (Å²) in [6.45, 7) is 0. The maximum absolute atomic E-state index is 11.3. The van der Waals surface area contributed by atoms with Gasteiger partial charge in [-0.15, -0.1) is 0 Å². The Bertz CT molecular complexity index is 1300. The zero-order valence-electron chi connectivity index (χ0n) is 14.4. The molecule has 0 atom stereocenters. The Morgan fingerprint density at radius 2 is 1.41 bits per heavy atom. The Morgan fingerprint density at radius 3 is 2.19 bits per heavy atom. The quantitative estimate of drug-likeness (QED) is 0.179. The van der Waals surface area contributed by atoms with Gasteiger partial charge >= 0.3 is 162 Å². The van der Waals surface area contributed by atoms with Crippen LogP contribution in [0.3, 0.4) is 0 Å². The monoisotopic (exact) mass is 417 g/mol. The van der Waals surface area contributed by atoms with Crippen molar-refractivity contribution >= 4 is 57.4 Å². The van der Waals surface area contributed by atoms with Crippen LogP contribution < -0.4 is 4.46 Å². The van der Waals surface area contributed by atoms with Gasteiger partial charge in [-0.2, -0.15) is 0 Å². The van der Waals surface area contributed by atoms with Crippen LogP contribution in [-0.2, 0) is 5.32 Å². The summed E-state index contributed by atoms with van der Waals surface area (Å²) < 4.78 is 0.848. The number of nitro groups is 1. The van der Waals surface area contributed by atoms with E-state index < -0.39 is 0 Å². The van der Waals surface area contributed by atoms with Gasteiger partial charge in [0.1, 0.15) is 0 Å². The molecule has 0 amide bonds. The van der Waals surface area contributed by atoms with Gasteiger partial charge in [0.2, 0.25) is 0 Å². The third-order valence-corrected chi connectivity index (χ3v) is 7.40. The molecule has 130 valence electrons. The minimum absolute atomic E-state index is 0.00649. The summed E-state index contributed by atoms with van der Waals surface area (Å²) in [5, 5.41) is 19.8. The first-order chi connectivity index (χ1) is 13.2. The Morgan fingerprint density at radius 1 is 0.741 bits per heavy atom. The Balaban J connectivity index is 1.63. The van der Waals surface area contributed by atoms with Crippen LogP contribution in [0.2, 0.25) is 0 Å². The van der Waals surface area contributed by atoms with Gasteiger partial charge in [-0.3, -0.25) is 0 Å². The average molecular weight is 416 g/mol. The molecule has 27 heavy (non-hydrogen) atoms. The van der Waals surface area contributed by atoms with Crippen LogP contribution in [0.1, 0.15) is 5.56 Å². The van der Waals surface area contributed by atoms with E-state index >= 15 is 0 Å². The zero-order chi connectivity index (χ0) is 18.4. The van der Waals surface area contributed by atoms with Crippen LogP contribution in [0.4, 0.5) is 5.69 Å². The summed E-state index contributed by atoms with van der Waals surface area (Å²) >= 11 is 0.00649. The number of nitro benzene ring substituents is 1. The Labute approximate surface area is 162 Å². The molecule has 0 aliphatic rings. The first-order valence-electron chi connectivity index (χ1n) is 8.74. The third-order valence-electron chi connectivity index (χ3n) is 5.06. The normalized spacial score (nSPS) is 11.6. The number of para-hydroxylation sites is 1. The minimum atomic E-state index is -0.277. The second-order valence-corrected chi connectivity index (χ2v) is 8.73. The zero-order valence-corrected chi connectivity index (χ0v) is 16.1. The number of rotatable bonds is 4. The molecular formula is C23H15NO2Se. The molecule has 0 aromatic heterocycles. The first kappa shape index (κ1) is 16.2. The van der Waals surface area contributed by atoms with E-state index in [1.807, 2.05) is 12.1 Å². The molecule has 0 aliphatic heterocycles. The van der Waals surface area contributed by atoms with Crippen molar-refractivity contribution in [3.63, 3.8) is 0 Å². The van der Waals surface area contributed by atoms with Crippen LogP contribution in [0.25, 0.3) is 32.3 Å². The van der Waals surface area contributed by atoms with Crippen molar-refractivity contribution in [2.24, 2.45) is 0 Å². The summed E-state index contributed by atoms with van der Waals surface area (Å²) in [4.78, 5) is 11.0. The fourth-order valence-corrected chi connectivity index (χ4v) is 5.96. The van der Waals surface area contributed by atoms with Gasteiger partial charge in [0.25, 0.3) is 0 Å². The van der Waals surface area contributed by atoms with Gasteiger partial charge in [-0.05, 0) is 0 Å². The summed E-state index contributed by atoms with van der Waals surface area (Å²) in [6.07, 6.45) is 0. The summed E-state index contributed by atoms with van der Waals surface area (Å²) in [6, 6.07) is 26.6. The van der Waals surface area contributed by atoms with Gasteiger partial charge in [-0.25, -0.2) is 0 Å². The summed E-state index contributed by atoms with van der Waals surface area (Å²) in [7, 11) is 0. The predicted molar refractivity (Wildman–Crippen MR) is 112 cm³/mol. The summed E-state index contributed by atoms with van der Waals surface area (Å²) in [5.74, 6) is 0. The van der Waals surface area contributed by atoms with Crippen molar-refractivity contribution in [2.45, 2.75) is 5.32 Å². The van der Waals surface area contributed by atoms with Crippen LogP contribution in [-0.4, -0.2) is 19.9 Å². The molecule has 4 heteroatoms. The van der Waals surface area contributed by atoms with Crippen molar-refractivity contribution in [3.05, 3.63) is 94.5 Å². The molecule has 0 saturated heterocycles. The molecule has 0 bridgehead atoms. The van der Waals surface area contributed by atoms with Crippen LogP contribution in [0.15, 0.2) is 78.9 Å². The molecule has 3 nitrogen and oxygen atoms in total. The second-order valence-electron chi connectivity index (χ2n) is 6.59. The average Bonchev–Trinajstić information content (AvgIpc) is 2.71. The topological polar surface area (TPSA) is 43.1 Å². The number of hydrogen-bond donors (Lipinski definition) is 0. The van der Waals surface area contributed by atoms with Crippen molar-refractivity contribution in [1.82, 2.24) is 0 Å². The molecule has 0 unspecified atom stereocenters. The fourth-order valence-electron chi connectivity index (χ4n) is 3.81. The van der Waals surface area contributed by atoms with Crippen molar-refractivity contribution in [1.29, 1.82) is 0 Å². The molecule has 0 fully saturated rings. The Hall–Kier alpha value is -2.94. The molecule has 5 rings (SSSR count). The van der Waals surface area contributed by atoms with E-state index in [9.17, 15) is 10.1 Å². The van der Waals surface area contributed by atoms with Gasteiger partial charge in [-0.1, -0.05) is 0 Å². The van der Waals surface area contributed by atoms with Gasteiger partial charge in [0.05, 0.1) is 0 Å². The second kappa shape index (κ2) is 6.34. The summed E-state index contributed by atoms with van der Waals surface area (Å²) in [5.41, 5.74) is 1.49. The van der Waals surface area contributed by atoms with Crippen molar-refractivity contribution in [2.75, 3.05) is 0 Å². The van der Waals surface area contributed by atoms with E-state index in [1.165, 1.54) is 37.9 Å². The molecular weight excluding hydrogens is 401 g/mol. The molecule has 0 spiro atoms. The van der Waals surface area contributed by atoms with Crippen LogP contribution in [0.5, 0.6) is 0 Å². The molecule has 0 radical (unpaired) electrons. The fraction of sp³-hybridized carbons (Fsp3) is 0.0435. The van der Waals surface area contributed by atoms with Gasteiger partial charge < -0.3 is 0 Å². The van der Waals surface area contributed by atoms with E-state index in [4.69, 9.17) is 0 Å². The van der Waals surface area contributed by atoms with Gasteiger partial charge in [0.15, 0.2) is 0 Å². The van der Waals surface area contributed by atoms with Gasteiger partial charge in [0, 0.05) is 0 Å². The van der Waals surface area contributed by atoms with E-state index in [1.54, 1.807) is 12.1 Å². The van der Waals surface area contributed by atoms with Crippen LogP contribution in [0, 0.1) is 10.1 Å². The molecule has 5 aromatic rings. The van der Waals surface area contributed by atoms with E-state index in [-0.39, 0.29) is 25.6 Å². The molecule has 5 aromatic carbocycles. The van der Waals surface area contributed by atoms with Crippen molar-refractivity contribution < 1.29 is 4.92 Å². The predicted octanol–water partition coefficient (Wildman–Crippen LogP) is 5.02. The molecule has 0 N–H and O–H groups in total. The molecule has 0 heterocycles. The number of benzene rings is 5. The molecule has 0 aliphatic carbocycles.